The number of fused-ring (bicyclic) bond motifs is 1. The van der Waals surface area contributed by atoms with Crippen molar-refractivity contribution in [1.82, 2.24) is 9.97 Å². The smallest absolute Gasteiger partial charge is 0.193 e. The average molecular weight is 196 g/mol. The number of hydrogen-bond acceptors (Lipinski definition) is 4. The SMILES string of the molecule is COc1ccc2[nH]c(SO)nc2c1. The summed E-state index contributed by atoms with van der Waals surface area (Å²) in [5, 5.41) is 0.489. The van der Waals surface area contributed by atoms with Crippen LogP contribution in [-0.4, -0.2) is 21.6 Å². The van der Waals surface area contributed by atoms with Crippen molar-refractivity contribution in [2.75, 3.05) is 7.11 Å². The molecule has 0 bridgehead atoms. The van der Waals surface area contributed by atoms with Crippen molar-refractivity contribution in [2.24, 2.45) is 0 Å². The molecule has 0 radical (unpaired) electrons. The third kappa shape index (κ3) is 1.48. The molecular formula is C8H8N2O2S. The summed E-state index contributed by atoms with van der Waals surface area (Å²) < 4.78 is 13.8. The summed E-state index contributed by atoms with van der Waals surface area (Å²) in [6.45, 7) is 0. The molecule has 0 saturated heterocycles. The molecule has 2 N–H and O–H groups in total. The van der Waals surface area contributed by atoms with Crippen LogP contribution in [0, 0.1) is 0 Å². The Hall–Kier alpha value is -1.20. The molecule has 4 nitrogen and oxygen atoms in total. The van der Waals surface area contributed by atoms with E-state index in [0.29, 0.717) is 17.2 Å². The van der Waals surface area contributed by atoms with Crippen LogP contribution in [0.1, 0.15) is 0 Å². The lowest BCUT2D eigenvalue weighted by Gasteiger charge is -1.96. The lowest BCUT2D eigenvalue weighted by atomic mass is 10.3. The van der Waals surface area contributed by atoms with E-state index in [1.165, 1.54) is 0 Å². The van der Waals surface area contributed by atoms with Crippen LogP contribution >= 0.6 is 12.0 Å². The number of H-pyrrole nitrogens is 1. The quantitative estimate of drug-likeness (QED) is 0.722. The molecule has 0 unspecified atom stereocenters. The summed E-state index contributed by atoms with van der Waals surface area (Å²) >= 11 is 0.601. The fourth-order valence-corrected chi connectivity index (χ4v) is 1.43. The van der Waals surface area contributed by atoms with Gasteiger partial charge in [-0.3, -0.25) is 0 Å². The number of aromatic nitrogens is 2. The molecule has 0 spiro atoms. The zero-order valence-corrected chi connectivity index (χ0v) is 7.76. The van der Waals surface area contributed by atoms with E-state index >= 15 is 0 Å². The van der Waals surface area contributed by atoms with E-state index in [0.717, 1.165) is 16.8 Å². The van der Waals surface area contributed by atoms with E-state index in [9.17, 15) is 0 Å². The molecule has 13 heavy (non-hydrogen) atoms. The van der Waals surface area contributed by atoms with E-state index in [1.807, 2.05) is 18.2 Å². The fraction of sp³-hybridized carbons (Fsp3) is 0.125. The van der Waals surface area contributed by atoms with Crippen molar-refractivity contribution in [3.8, 4) is 5.75 Å². The van der Waals surface area contributed by atoms with Crippen LogP contribution < -0.4 is 4.74 Å². The van der Waals surface area contributed by atoms with Gasteiger partial charge in [0.2, 0.25) is 0 Å². The molecule has 0 aliphatic heterocycles. The molecule has 68 valence electrons. The predicted octanol–water partition coefficient (Wildman–Crippen LogP) is 2.14. The number of benzene rings is 1. The normalized spacial score (nSPS) is 10.6. The van der Waals surface area contributed by atoms with E-state index in [-0.39, 0.29) is 0 Å². The zero-order valence-electron chi connectivity index (χ0n) is 6.94. The largest absolute Gasteiger partial charge is 0.497 e. The molecule has 1 aromatic carbocycles. The number of methoxy groups -OCH3 is 1. The summed E-state index contributed by atoms with van der Waals surface area (Å²) in [6.07, 6.45) is 0. The van der Waals surface area contributed by atoms with Crippen LogP contribution in [-0.2, 0) is 0 Å². The van der Waals surface area contributed by atoms with Crippen LogP contribution in [0.2, 0.25) is 0 Å². The highest BCUT2D eigenvalue weighted by Gasteiger charge is 2.02. The summed E-state index contributed by atoms with van der Waals surface area (Å²) in [5.41, 5.74) is 1.67. The lowest BCUT2D eigenvalue weighted by molar-refractivity contribution is 0.415. The molecule has 5 heteroatoms. The topological polar surface area (TPSA) is 58.1 Å². The molecule has 0 aliphatic carbocycles. The minimum Gasteiger partial charge on any atom is -0.497 e. The van der Waals surface area contributed by atoms with E-state index in [4.69, 9.17) is 9.29 Å². The number of nitrogens with one attached hydrogen (secondary N) is 1. The van der Waals surface area contributed by atoms with Gasteiger partial charge in [0, 0.05) is 6.07 Å². The highest BCUT2D eigenvalue weighted by Crippen LogP contribution is 2.21. The first kappa shape index (κ1) is 8.40. The number of aromatic amines is 1. The first-order valence-corrected chi connectivity index (χ1v) is 4.46. The second-order valence-corrected chi connectivity index (χ2v) is 3.09. The summed E-state index contributed by atoms with van der Waals surface area (Å²) in [4.78, 5) is 7.06. The second kappa shape index (κ2) is 3.27. The molecule has 1 heterocycles. The van der Waals surface area contributed by atoms with Gasteiger partial charge in [0.1, 0.15) is 5.75 Å². The maximum Gasteiger partial charge on any atom is 0.193 e. The number of nitrogens with zero attached hydrogens (tertiary/aromatic N) is 1. The Morgan fingerprint density at radius 1 is 1.54 bits per heavy atom. The van der Waals surface area contributed by atoms with E-state index in [2.05, 4.69) is 9.97 Å². The fourth-order valence-electron chi connectivity index (χ4n) is 1.13. The zero-order chi connectivity index (χ0) is 9.26. The number of imidazole rings is 1. The number of hydrogen-bond donors (Lipinski definition) is 2. The third-order valence-corrected chi connectivity index (χ3v) is 2.12. The summed E-state index contributed by atoms with van der Waals surface area (Å²) in [5.74, 6) is 0.758. The molecule has 0 atom stereocenters. The second-order valence-electron chi connectivity index (χ2n) is 2.52. The van der Waals surface area contributed by atoms with Gasteiger partial charge in [-0.2, -0.15) is 0 Å². The monoisotopic (exact) mass is 196 g/mol. The number of ether oxygens (including phenoxy) is 1. The first-order valence-electron chi connectivity index (χ1n) is 3.68. The van der Waals surface area contributed by atoms with Crippen LogP contribution in [0.15, 0.2) is 23.4 Å². The van der Waals surface area contributed by atoms with E-state index in [1.54, 1.807) is 7.11 Å². The van der Waals surface area contributed by atoms with Crippen molar-refractivity contribution in [3.63, 3.8) is 0 Å². The molecule has 0 fully saturated rings. The van der Waals surface area contributed by atoms with Gasteiger partial charge < -0.3 is 14.3 Å². The summed E-state index contributed by atoms with van der Waals surface area (Å²) in [7, 11) is 1.61. The maximum absolute atomic E-state index is 8.76. The van der Waals surface area contributed by atoms with Gasteiger partial charge in [-0.1, -0.05) is 0 Å². The lowest BCUT2D eigenvalue weighted by Crippen LogP contribution is -1.81. The van der Waals surface area contributed by atoms with Crippen molar-refractivity contribution in [1.29, 1.82) is 0 Å². The van der Waals surface area contributed by atoms with Crippen LogP contribution in [0.25, 0.3) is 11.0 Å². The molecule has 2 rings (SSSR count). The van der Waals surface area contributed by atoms with Gasteiger partial charge in [-0.15, -0.1) is 0 Å². The molecule has 2 aromatic rings. The van der Waals surface area contributed by atoms with Gasteiger partial charge in [0.15, 0.2) is 5.16 Å². The Kier molecular flexibility index (Phi) is 2.12. The van der Waals surface area contributed by atoms with Crippen molar-refractivity contribution < 1.29 is 9.29 Å². The highest BCUT2D eigenvalue weighted by molar-refractivity contribution is 7.93. The highest BCUT2D eigenvalue weighted by atomic mass is 32.2. The first-order chi connectivity index (χ1) is 6.33. The van der Waals surface area contributed by atoms with Crippen LogP contribution in [0.5, 0.6) is 5.75 Å². The van der Waals surface area contributed by atoms with Gasteiger partial charge in [-0.25, -0.2) is 4.98 Å². The molecule has 0 amide bonds. The van der Waals surface area contributed by atoms with Crippen molar-refractivity contribution in [2.45, 2.75) is 5.16 Å². The maximum atomic E-state index is 8.76. The number of rotatable bonds is 2. The predicted molar refractivity (Wildman–Crippen MR) is 51.1 cm³/mol. The molecule has 1 aromatic heterocycles. The summed E-state index contributed by atoms with van der Waals surface area (Å²) in [6, 6.07) is 5.51. The third-order valence-electron chi connectivity index (χ3n) is 1.75. The average Bonchev–Trinajstić information content (AvgIpc) is 2.58. The van der Waals surface area contributed by atoms with Gasteiger partial charge >= 0.3 is 0 Å². The minimum atomic E-state index is 0.489. The van der Waals surface area contributed by atoms with Gasteiger partial charge in [0.05, 0.1) is 30.2 Å². The van der Waals surface area contributed by atoms with Crippen LogP contribution in [0.4, 0.5) is 0 Å². The van der Waals surface area contributed by atoms with E-state index < -0.39 is 0 Å². The Morgan fingerprint density at radius 2 is 2.38 bits per heavy atom. The molecule has 0 saturated carbocycles. The Balaban J connectivity index is 2.57. The molecular weight excluding hydrogens is 188 g/mol. The molecule has 0 aliphatic rings. The standard InChI is InChI=1S/C8H8N2O2S/c1-12-5-2-3-6-7(4-5)10-8(9-6)13-11/h2-4,11H,1H3,(H,9,10). The Morgan fingerprint density at radius 3 is 3.08 bits per heavy atom. The van der Waals surface area contributed by atoms with Gasteiger partial charge in [-0.05, 0) is 12.1 Å². The Bertz CT molecular complexity index is 425. The van der Waals surface area contributed by atoms with Gasteiger partial charge in [0.25, 0.3) is 0 Å². The minimum absolute atomic E-state index is 0.489. The Labute approximate surface area is 79.1 Å². The van der Waals surface area contributed by atoms with Crippen LogP contribution in [0.3, 0.4) is 0 Å². The van der Waals surface area contributed by atoms with Crippen molar-refractivity contribution >= 4 is 23.1 Å². The van der Waals surface area contributed by atoms with Crippen molar-refractivity contribution in [3.05, 3.63) is 18.2 Å².